The van der Waals surface area contributed by atoms with Gasteiger partial charge in [0.15, 0.2) is 0 Å². The molecule has 2 heterocycles. The summed E-state index contributed by atoms with van der Waals surface area (Å²) in [5.41, 5.74) is 0. The van der Waals surface area contributed by atoms with E-state index in [-0.39, 0.29) is 18.3 Å². The first kappa shape index (κ1) is 14.0. The predicted molar refractivity (Wildman–Crippen MR) is 71.6 cm³/mol. The van der Waals surface area contributed by atoms with Crippen molar-refractivity contribution in [2.24, 2.45) is 0 Å². The van der Waals surface area contributed by atoms with E-state index in [2.05, 4.69) is 21.0 Å². The van der Waals surface area contributed by atoms with Crippen LogP contribution >= 0.6 is 15.9 Å². The second kappa shape index (κ2) is 6.14. The van der Waals surface area contributed by atoms with Crippen LogP contribution in [-0.4, -0.2) is 38.6 Å². The second-order valence-corrected chi connectivity index (χ2v) is 5.40. The lowest BCUT2D eigenvalue weighted by Gasteiger charge is -2.19. The van der Waals surface area contributed by atoms with Gasteiger partial charge in [0.05, 0.1) is 11.3 Å². The average molecular weight is 331 g/mol. The molecule has 0 spiro atoms. The van der Waals surface area contributed by atoms with Crippen LogP contribution in [0.1, 0.15) is 25.7 Å². The van der Waals surface area contributed by atoms with E-state index < -0.39 is 4.92 Å². The molecule has 104 valence electrons. The van der Waals surface area contributed by atoms with Crippen molar-refractivity contribution in [3.8, 4) is 0 Å². The van der Waals surface area contributed by atoms with Crippen LogP contribution in [0.2, 0.25) is 0 Å². The maximum atomic E-state index is 12.1. The molecule has 7 nitrogen and oxygen atoms in total. The molecule has 0 radical (unpaired) electrons. The predicted octanol–water partition coefficient (Wildman–Crippen LogP) is 1.96. The van der Waals surface area contributed by atoms with Crippen molar-refractivity contribution < 1.29 is 9.72 Å². The van der Waals surface area contributed by atoms with Crippen molar-refractivity contribution in [2.75, 3.05) is 13.1 Å². The van der Waals surface area contributed by atoms with E-state index in [0.717, 1.165) is 38.8 Å². The van der Waals surface area contributed by atoms with Crippen molar-refractivity contribution in [1.29, 1.82) is 0 Å². The smallest absolute Gasteiger partial charge is 0.358 e. The van der Waals surface area contributed by atoms with Crippen LogP contribution in [-0.2, 0) is 11.3 Å². The molecule has 0 bridgehead atoms. The van der Waals surface area contributed by atoms with Crippen LogP contribution in [0.25, 0.3) is 0 Å². The number of hydrogen-bond donors (Lipinski definition) is 0. The van der Waals surface area contributed by atoms with Gasteiger partial charge in [0.2, 0.25) is 5.91 Å². The molecule has 1 aromatic heterocycles. The molecule has 1 aromatic rings. The fourth-order valence-electron chi connectivity index (χ4n) is 2.15. The number of halogens is 1. The molecule has 0 N–H and O–H groups in total. The number of rotatable bonds is 3. The molecule has 0 atom stereocenters. The monoisotopic (exact) mass is 330 g/mol. The first-order valence-corrected chi connectivity index (χ1v) is 7.02. The number of carbonyl (C=O) groups is 1. The molecule has 19 heavy (non-hydrogen) atoms. The van der Waals surface area contributed by atoms with Gasteiger partial charge in [-0.2, -0.15) is 4.68 Å². The molecule has 0 saturated carbocycles. The molecule has 0 aromatic carbocycles. The zero-order valence-corrected chi connectivity index (χ0v) is 12.0. The number of carbonyl (C=O) groups excluding carboxylic acids is 1. The fourth-order valence-corrected chi connectivity index (χ4v) is 2.61. The van der Waals surface area contributed by atoms with Crippen molar-refractivity contribution in [3.05, 3.63) is 20.8 Å². The van der Waals surface area contributed by atoms with Crippen LogP contribution in [0.3, 0.4) is 0 Å². The number of nitro groups is 1. The Balaban J connectivity index is 2.01. The Bertz CT molecular complexity index is 480. The van der Waals surface area contributed by atoms with Gasteiger partial charge in [-0.3, -0.25) is 4.79 Å². The van der Waals surface area contributed by atoms with Crippen LogP contribution < -0.4 is 0 Å². The first-order chi connectivity index (χ1) is 9.08. The quantitative estimate of drug-likeness (QED) is 0.626. The maximum Gasteiger partial charge on any atom is 0.404 e. The number of nitrogens with zero attached hydrogens (tertiary/aromatic N) is 4. The van der Waals surface area contributed by atoms with E-state index in [1.54, 1.807) is 0 Å². The van der Waals surface area contributed by atoms with Gasteiger partial charge < -0.3 is 15.0 Å². The third kappa shape index (κ3) is 3.52. The van der Waals surface area contributed by atoms with Crippen molar-refractivity contribution in [3.63, 3.8) is 0 Å². The summed E-state index contributed by atoms with van der Waals surface area (Å²) in [6.45, 7) is 1.58. The minimum absolute atomic E-state index is 0.0354. The van der Waals surface area contributed by atoms with E-state index in [0.29, 0.717) is 4.47 Å². The summed E-state index contributed by atoms with van der Waals surface area (Å²) >= 11 is 3.07. The number of aromatic nitrogens is 2. The standard InChI is InChI=1S/C11H15BrN4O3/c12-9-7-15(13-11(9)16(18)19)8-10(17)14-5-3-1-2-4-6-14/h7H,1-6,8H2. The highest BCUT2D eigenvalue weighted by molar-refractivity contribution is 9.10. The Kier molecular flexibility index (Phi) is 4.52. The lowest BCUT2D eigenvalue weighted by atomic mass is 10.2. The highest BCUT2D eigenvalue weighted by atomic mass is 79.9. The molecule has 1 fully saturated rings. The third-order valence-electron chi connectivity index (χ3n) is 3.13. The normalized spacial score (nSPS) is 16.2. The molecule has 1 amide bonds. The van der Waals surface area contributed by atoms with E-state index >= 15 is 0 Å². The van der Waals surface area contributed by atoms with Gasteiger partial charge in [-0.05, 0) is 33.7 Å². The molecule has 1 saturated heterocycles. The van der Waals surface area contributed by atoms with Gasteiger partial charge in [-0.1, -0.05) is 12.8 Å². The van der Waals surface area contributed by atoms with E-state index in [1.807, 2.05) is 4.90 Å². The van der Waals surface area contributed by atoms with Gasteiger partial charge in [0.1, 0.15) is 11.0 Å². The Morgan fingerprint density at radius 2 is 2.00 bits per heavy atom. The summed E-state index contributed by atoms with van der Waals surface area (Å²) in [6.07, 6.45) is 5.82. The Hall–Kier alpha value is -1.44. The van der Waals surface area contributed by atoms with Crippen molar-refractivity contribution in [1.82, 2.24) is 14.7 Å². The van der Waals surface area contributed by atoms with Crippen LogP contribution in [0.5, 0.6) is 0 Å². The number of amides is 1. The lowest BCUT2D eigenvalue weighted by molar-refractivity contribution is -0.390. The van der Waals surface area contributed by atoms with Crippen LogP contribution in [0.4, 0.5) is 5.82 Å². The molecule has 0 aliphatic carbocycles. The average Bonchev–Trinajstić information content (AvgIpc) is 2.58. The number of hydrogen-bond acceptors (Lipinski definition) is 4. The highest BCUT2D eigenvalue weighted by Gasteiger charge is 2.22. The molecule has 8 heteroatoms. The SMILES string of the molecule is O=C(Cn1cc(Br)c([N+](=O)[O-])n1)N1CCCCCC1. The molecular weight excluding hydrogens is 316 g/mol. The first-order valence-electron chi connectivity index (χ1n) is 6.23. The lowest BCUT2D eigenvalue weighted by Crippen LogP contribution is -2.34. The summed E-state index contributed by atoms with van der Waals surface area (Å²) in [7, 11) is 0. The number of likely N-dealkylation sites (tertiary alicyclic amines) is 1. The van der Waals surface area contributed by atoms with E-state index in [4.69, 9.17) is 0 Å². The summed E-state index contributed by atoms with van der Waals surface area (Å²) in [5, 5.41) is 14.5. The van der Waals surface area contributed by atoms with Crippen molar-refractivity contribution >= 4 is 27.7 Å². The van der Waals surface area contributed by atoms with E-state index in [9.17, 15) is 14.9 Å². The topological polar surface area (TPSA) is 81.3 Å². The Morgan fingerprint density at radius 3 is 2.53 bits per heavy atom. The zero-order valence-electron chi connectivity index (χ0n) is 10.4. The minimum Gasteiger partial charge on any atom is -0.358 e. The van der Waals surface area contributed by atoms with Gasteiger partial charge in [0, 0.05) is 13.1 Å². The van der Waals surface area contributed by atoms with E-state index in [1.165, 1.54) is 10.9 Å². The van der Waals surface area contributed by atoms with Crippen molar-refractivity contribution in [2.45, 2.75) is 32.2 Å². The summed E-state index contributed by atoms with van der Waals surface area (Å²) in [5.74, 6) is -0.296. The maximum absolute atomic E-state index is 12.1. The largest absolute Gasteiger partial charge is 0.404 e. The Labute approximate surface area is 118 Å². The van der Waals surface area contributed by atoms with Crippen LogP contribution in [0.15, 0.2) is 10.7 Å². The van der Waals surface area contributed by atoms with Gasteiger partial charge >= 0.3 is 5.82 Å². The van der Waals surface area contributed by atoms with Gasteiger partial charge in [0.25, 0.3) is 0 Å². The third-order valence-corrected chi connectivity index (χ3v) is 3.69. The van der Waals surface area contributed by atoms with Crippen LogP contribution in [0, 0.1) is 10.1 Å². The fraction of sp³-hybridized carbons (Fsp3) is 0.636. The molecule has 2 rings (SSSR count). The molecular formula is C11H15BrN4O3. The zero-order chi connectivity index (χ0) is 13.8. The summed E-state index contributed by atoms with van der Waals surface area (Å²) in [4.78, 5) is 24.0. The summed E-state index contributed by atoms with van der Waals surface area (Å²) in [6, 6.07) is 0. The highest BCUT2D eigenvalue weighted by Crippen LogP contribution is 2.22. The molecule has 1 aliphatic heterocycles. The van der Waals surface area contributed by atoms with Gasteiger partial charge in [-0.25, -0.2) is 0 Å². The molecule has 0 unspecified atom stereocenters. The summed E-state index contributed by atoms with van der Waals surface area (Å²) < 4.78 is 1.61. The Morgan fingerprint density at radius 1 is 1.37 bits per heavy atom. The molecule has 1 aliphatic rings. The minimum atomic E-state index is -0.572. The van der Waals surface area contributed by atoms with Gasteiger partial charge in [-0.15, -0.1) is 0 Å². The second-order valence-electron chi connectivity index (χ2n) is 4.55.